The Morgan fingerprint density at radius 2 is 2.29 bits per heavy atom. The third-order valence-electron chi connectivity index (χ3n) is 2.73. The summed E-state index contributed by atoms with van der Waals surface area (Å²) in [7, 11) is 0. The highest BCUT2D eigenvalue weighted by Crippen LogP contribution is 2.20. The lowest BCUT2D eigenvalue weighted by molar-refractivity contribution is 0.476. The zero-order valence-corrected chi connectivity index (χ0v) is 9.68. The van der Waals surface area contributed by atoms with E-state index in [9.17, 15) is 0 Å². The van der Waals surface area contributed by atoms with E-state index in [0.717, 1.165) is 11.3 Å². The number of hydrogen-bond donors (Lipinski definition) is 1. The molecule has 1 aliphatic carbocycles. The van der Waals surface area contributed by atoms with Crippen molar-refractivity contribution in [1.82, 2.24) is 20.5 Å². The molecule has 0 amide bonds. The van der Waals surface area contributed by atoms with Crippen LogP contribution in [-0.4, -0.2) is 21.2 Å². The van der Waals surface area contributed by atoms with Crippen molar-refractivity contribution in [2.75, 3.05) is 0 Å². The lowest BCUT2D eigenvalue weighted by Gasteiger charge is -1.97. The highest BCUT2D eigenvalue weighted by atomic mass is 16.4. The summed E-state index contributed by atoms with van der Waals surface area (Å²) in [6.45, 7) is 2.59. The summed E-state index contributed by atoms with van der Waals surface area (Å²) in [4.78, 5) is 4.14. The molecule has 0 atom stereocenters. The van der Waals surface area contributed by atoms with E-state index in [2.05, 4.69) is 20.5 Å². The maximum atomic E-state index is 5.59. The second-order valence-electron chi connectivity index (χ2n) is 4.34. The fourth-order valence-corrected chi connectivity index (χ4v) is 1.64. The lowest BCUT2D eigenvalue weighted by atomic mass is 10.2. The highest BCUT2D eigenvalue weighted by Gasteiger charge is 2.21. The quantitative estimate of drug-likeness (QED) is 0.866. The van der Waals surface area contributed by atoms with Crippen LogP contribution >= 0.6 is 0 Å². The second kappa shape index (κ2) is 4.25. The molecule has 0 spiro atoms. The first-order valence-electron chi connectivity index (χ1n) is 5.80. The van der Waals surface area contributed by atoms with Crippen LogP contribution in [0.2, 0.25) is 0 Å². The summed E-state index contributed by atoms with van der Waals surface area (Å²) in [5, 5.41) is 11.4. The molecule has 0 saturated heterocycles. The van der Waals surface area contributed by atoms with Crippen molar-refractivity contribution in [3.63, 3.8) is 0 Å². The maximum absolute atomic E-state index is 5.59. The van der Waals surface area contributed by atoms with E-state index in [1.54, 1.807) is 6.20 Å². The zero-order valence-electron chi connectivity index (χ0n) is 9.68. The number of rotatable bonds is 4. The van der Waals surface area contributed by atoms with Crippen LogP contribution in [0.4, 0.5) is 0 Å². The molecule has 17 heavy (non-hydrogen) atoms. The fraction of sp³-hybridized carbons (Fsp3) is 0.417. The Hall–Kier alpha value is -1.75. The van der Waals surface area contributed by atoms with E-state index < -0.39 is 0 Å². The zero-order chi connectivity index (χ0) is 11.7. The van der Waals surface area contributed by atoms with Gasteiger partial charge >= 0.3 is 0 Å². The van der Waals surface area contributed by atoms with Crippen LogP contribution in [0.1, 0.15) is 24.4 Å². The molecule has 1 aliphatic rings. The van der Waals surface area contributed by atoms with E-state index in [4.69, 9.17) is 4.42 Å². The average Bonchev–Trinajstić information content (AvgIpc) is 3.04. The number of aromatic nitrogens is 3. The highest BCUT2D eigenvalue weighted by molar-refractivity contribution is 5.52. The fourth-order valence-electron chi connectivity index (χ4n) is 1.64. The Labute approximate surface area is 99.3 Å². The minimum Gasteiger partial charge on any atom is -0.419 e. The van der Waals surface area contributed by atoms with Crippen molar-refractivity contribution in [3.8, 4) is 11.5 Å². The van der Waals surface area contributed by atoms with Gasteiger partial charge in [0.05, 0.1) is 6.54 Å². The van der Waals surface area contributed by atoms with Crippen molar-refractivity contribution in [3.05, 3.63) is 29.9 Å². The standard InChI is InChI=1S/C12H14N4O/c1-8-6-9(4-5-13-8)12-16-15-11(17-12)7-14-10-2-3-10/h4-6,10,14H,2-3,7H2,1H3. The first-order valence-corrected chi connectivity index (χ1v) is 5.80. The van der Waals surface area contributed by atoms with Gasteiger partial charge in [0.25, 0.3) is 0 Å². The molecule has 2 aromatic heterocycles. The van der Waals surface area contributed by atoms with Gasteiger partial charge in [0, 0.05) is 23.5 Å². The Morgan fingerprint density at radius 1 is 1.41 bits per heavy atom. The largest absolute Gasteiger partial charge is 0.419 e. The van der Waals surface area contributed by atoms with E-state index in [1.807, 2.05) is 19.1 Å². The smallest absolute Gasteiger partial charge is 0.247 e. The number of nitrogens with zero attached hydrogens (tertiary/aromatic N) is 3. The molecule has 1 fully saturated rings. The Bertz CT molecular complexity index is 519. The van der Waals surface area contributed by atoms with Crippen LogP contribution in [-0.2, 0) is 6.54 Å². The van der Waals surface area contributed by atoms with Gasteiger partial charge < -0.3 is 9.73 Å². The molecular formula is C12H14N4O. The van der Waals surface area contributed by atoms with Gasteiger partial charge in [-0.1, -0.05) is 0 Å². The van der Waals surface area contributed by atoms with Gasteiger partial charge in [-0.15, -0.1) is 10.2 Å². The topological polar surface area (TPSA) is 63.8 Å². The molecule has 3 rings (SSSR count). The van der Waals surface area contributed by atoms with Crippen molar-refractivity contribution in [2.24, 2.45) is 0 Å². The van der Waals surface area contributed by atoms with E-state index in [-0.39, 0.29) is 0 Å². The van der Waals surface area contributed by atoms with Gasteiger partial charge in [-0.05, 0) is 31.9 Å². The molecule has 0 bridgehead atoms. The van der Waals surface area contributed by atoms with Crippen molar-refractivity contribution >= 4 is 0 Å². The predicted molar refractivity (Wildman–Crippen MR) is 62.1 cm³/mol. The molecule has 5 heteroatoms. The Morgan fingerprint density at radius 3 is 3.06 bits per heavy atom. The van der Waals surface area contributed by atoms with Crippen LogP contribution in [0, 0.1) is 6.92 Å². The molecular weight excluding hydrogens is 216 g/mol. The monoisotopic (exact) mass is 230 g/mol. The molecule has 0 radical (unpaired) electrons. The van der Waals surface area contributed by atoms with Crippen LogP contribution in [0.5, 0.6) is 0 Å². The normalized spacial score (nSPS) is 15.1. The third kappa shape index (κ3) is 2.50. The molecule has 5 nitrogen and oxygen atoms in total. The minimum absolute atomic E-state index is 0.558. The molecule has 0 aliphatic heterocycles. The van der Waals surface area contributed by atoms with E-state index in [1.165, 1.54) is 12.8 Å². The molecule has 0 aromatic carbocycles. The number of pyridine rings is 1. The van der Waals surface area contributed by atoms with Crippen LogP contribution < -0.4 is 5.32 Å². The van der Waals surface area contributed by atoms with Gasteiger partial charge in [-0.25, -0.2) is 0 Å². The summed E-state index contributed by atoms with van der Waals surface area (Å²) in [5.41, 5.74) is 1.86. The second-order valence-corrected chi connectivity index (χ2v) is 4.34. The summed E-state index contributed by atoms with van der Waals surface area (Å²) in [5.74, 6) is 1.20. The first-order chi connectivity index (χ1) is 8.31. The lowest BCUT2D eigenvalue weighted by Crippen LogP contribution is -2.15. The maximum Gasteiger partial charge on any atom is 0.247 e. The number of aryl methyl sites for hydroxylation is 1. The third-order valence-corrected chi connectivity index (χ3v) is 2.73. The van der Waals surface area contributed by atoms with Gasteiger partial charge in [0.15, 0.2) is 0 Å². The van der Waals surface area contributed by atoms with Crippen molar-refractivity contribution in [2.45, 2.75) is 32.4 Å². The summed E-state index contributed by atoms with van der Waals surface area (Å²) in [6.07, 6.45) is 4.26. The molecule has 1 saturated carbocycles. The van der Waals surface area contributed by atoms with E-state index >= 15 is 0 Å². The average molecular weight is 230 g/mol. The summed E-state index contributed by atoms with van der Waals surface area (Å²) in [6, 6.07) is 4.46. The van der Waals surface area contributed by atoms with Crippen LogP contribution in [0.15, 0.2) is 22.7 Å². The van der Waals surface area contributed by atoms with Crippen LogP contribution in [0.3, 0.4) is 0 Å². The SMILES string of the molecule is Cc1cc(-c2nnc(CNC3CC3)o2)ccn1. The summed E-state index contributed by atoms with van der Waals surface area (Å²) < 4.78 is 5.59. The Balaban J connectivity index is 1.74. The minimum atomic E-state index is 0.558. The molecule has 0 unspecified atom stereocenters. The Kier molecular flexibility index (Phi) is 2.60. The predicted octanol–water partition coefficient (Wildman–Crippen LogP) is 1.69. The molecule has 2 heterocycles. The molecule has 1 N–H and O–H groups in total. The first kappa shape index (κ1) is 10.4. The van der Waals surface area contributed by atoms with Crippen molar-refractivity contribution in [1.29, 1.82) is 0 Å². The van der Waals surface area contributed by atoms with Crippen LogP contribution in [0.25, 0.3) is 11.5 Å². The van der Waals surface area contributed by atoms with E-state index in [0.29, 0.717) is 24.4 Å². The van der Waals surface area contributed by atoms with Gasteiger partial charge in [-0.3, -0.25) is 4.98 Å². The number of nitrogens with one attached hydrogen (secondary N) is 1. The summed E-state index contributed by atoms with van der Waals surface area (Å²) >= 11 is 0. The molecule has 2 aromatic rings. The van der Waals surface area contributed by atoms with Gasteiger partial charge in [0.1, 0.15) is 0 Å². The molecule has 88 valence electrons. The van der Waals surface area contributed by atoms with Gasteiger partial charge in [-0.2, -0.15) is 0 Å². The van der Waals surface area contributed by atoms with Gasteiger partial charge in [0.2, 0.25) is 11.8 Å². The number of hydrogen-bond acceptors (Lipinski definition) is 5. The van der Waals surface area contributed by atoms with Crippen molar-refractivity contribution < 1.29 is 4.42 Å².